The fourth-order valence-electron chi connectivity index (χ4n) is 2.53. The number of carbonyl (C=O) groups excluding carboxylic acids is 1. The molecule has 0 radical (unpaired) electrons. The topological polar surface area (TPSA) is 66.5 Å². The fourth-order valence-corrected chi connectivity index (χ4v) is 4.16. The third-order valence-electron chi connectivity index (χ3n) is 3.87. The first-order chi connectivity index (χ1) is 13.4. The first-order valence-corrected chi connectivity index (χ1v) is 10.1. The number of hydrogen-bond donors (Lipinski definition) is 1. The summed E-state index contributed by atoms with van der Waals surface area (Å²) < 4.78 is 40.5. The van der Waals surface area contributed by atoms with Crippen LogP contribution in [0.25, 0.3) is 0 Å². The van der Waals surface area contributed by atoms with E-state index in [9.17, 15) is 17.6 Å². The first-order valence-electron chi connectivity index (χ1n) is 8.25. The standard InChI is InChI=1S/C20H16ClFN2O3S/c21-18-13-15(11-12-19(18)22)23-20(25)14-24(16-7-3-1-4-8-16)28(26,27)17-9-5-2-6-10-17/h1-13H,14H2,(H,23,25). The zero-order chi connectivity index (χ0) is 20.1. The minimum atomic E-state index is -3.97. The Bertz CT molecular complexity index is 1080. The molecule has 28 heavy (non-hydrogen) atoms. The minimum absolute atomic E-state index is 0.0662. The lowest BCUT2D eigenvalue weighted by molar-refractivity contribution is -0.114. The van der Waals surface area contributed by atoms with Crippen LogP contribution in [0.4, 0.5) is 15.8 Å². The molecule has 0 aliphatic rings. The molecule has 0 aliphatic heterocycles. The molecule has 1 amide bonds. The normalized spacial score (nSPS) is 11.1. The van der Waals surface area contributed by atoms with Crippen molar-refractivity contribution in [2.75, 3.05) is 16.2 Å². The zero-order valence-corrected chi connectivity index (χ0v) is 16.1. The van der Waals surface area contributed by atoms with Crippen molar-refractivity contribution in [3.63, 3.8) is 0 Å². The van der Waals surface area contributed by atoms with Crippen LogP contribution >= 0.6 is 11.6 Å². The molecule has 1 N–H and O–H groups in total. The Morgan fingerprint density at radius 1 is 0.964 bits per heavy atom. The van der Waals surface area contributed by atoms with Gasteiger partial charge in [-0.3, -0.25) is 9.10 Å². The van der Waals surface area contributed by atoms with Crippen LogP contribution < -0.4 is 9.62 Å². The highest BCUT2D eigenvalue weighted by Crippen LogP contribution is 2.24. The molecule has 144 valence electrons. The highest BCUT2D eigenvalue weighted by atomic mass is 35.5. The Kier molecular flexibility index (Phi) is 5.96. The van der Waals surface area contributed by atoms with Crippen molar-refractivity contribution >= 4 is 38.9 Å². The summed E-state index contributed by atoms with van der Waals surface area (Å²) in [4.78, 5) is 12.6. The summed E-state index contributed by atoms with van der Waals surface area (Å²) in [5, 5.41) is 2.39. The summed E-state index contributed by atoms with van der Waals surface area (Å²) in [7, 11) is -3.97. The fraction of sp³-hybridized carbons (Fsp3) is 0.0500. The van der Waals surface area contributed by atoms with Crippen LogP contribution in [0.2, 0.25) is 5.02 Å². The van der Waals surface area contributed by atoms with Crippen molar-refractivity contribution in [2.45, 2.75) is 4.90 Å². The van der Waals surface area contributed by atoms with E-state index in [1.165, 1.54) is 24.3 Å². The summed E-state index contributed by atoms with van der Waals surface area (Å²) >= 11 is 5.72. The van der Waals surface area contributed by atoms with Gasteiger partial charge in [-0.05, 0) is 42.5 Å². The summed E-state index contributed by atoms with van der Waals surface area (Å²) in [5.41, 5.74) is 0.611. The Morgan fingerprint density at radius 2 is 1.57 bits per heavy atom. The SMILES string of the molecule is O=C(CN(c1ccccc1)S(=O)(=O)c1ccccc1)Nc1ccc(F)c(Cl)c1. The number of halogens is 2. The van der Waals surface area contributed by atoms with Gasteiger partial charge in [-0.1, -0.05) is 48.0 Å². The van der Waals surface area contributed by atoms with E-state index in [0.29, 0.717) is 5.69 Å². The lowest BCUT2D eigenvalue weighted by atomic mass is 10.3. The second kappa shape index (κ2) is 8.41. The molecule has 0 bridgehead atoms. The first kappa shape index (κ1) is 19.9. The average Bonchev–Trinajstić information content (AvgIpc) is 2.70. The van der Waals surface area contributed by atoms with E-state index >= 15 is 0 Å². The van der Waals surface area contributed by atoms with Gasteiger partial charge in [0.1, 0.15) is 12.4 Å². The third kappa shape index (κ3) is 4.49. The molecule has 5 nitrogen and oxygen atoms in total. The van der Waals surface area contributed by atoms with Crippen LogP contribution in [-0.2, 0) is 14.8 Å². The second-order valence-corrected chi connectivity index (χ2v) is 8.11. The van der Waals surface area contributed by atoms with Crippen molar-refractivity contribution in [1.82, 2.24) is 0 Å². The number of para-hydroxylation sites is 1. The van der Waals surface area contributed by atoms with Crippen molar-refractivity contribution < 1.29 is 17.6 Å². The number of anilines is 2. The Hall–Kier alpha value is -2.90. The maximum atomic E-state index is 13.3. The van der Waals surface area contributed by atoms with Gasteiger partial charge in [0.15, 0.2) is 0 Å². The summed E-state index contributed by atoms with van der Waals surface area (Å²) in [6, 6.07) is 19.9. The maximum absolute atomic E-state index is 13.3. The third-order valence-corrected chi connectivity index (χ3v) is 5.94. The van der Waals surface area contributed by atoms with E-state index in [0.717, 1.165) is 10.4 Å². The van der Waals surface area contributed by atoms with Crippen LogP contribution in [0.1, 0.15) is 0 Å². The van der Waals surface area contributed by atoms with Gasteiger partial charge in [0.05, 0.1) is 15.6 Å². The highest BCUT2D eigenvalue weighted by molar-refractivity contribution is 7.92. The molecule has 0 aromatic heterocycles. The van der Waals surface area contributed by atoms with Gasteiger partial charge in [0.2, 0.25) is 5.91 Å². The quantitative estimate of drug-likeness (QED) is 0.648. The molecule has 0 heterocycles. The molecule has 0 atom stereocenters. The molecular formula is C20H16ClFN2O3S. The lowest BCUT2D eigenvalue weighted by Crippen LogP contribution is -2.38. The number of carbonyl (C=O) groups is 1. The minimum Gasteiger partial charge on any atom is -0.324 e. The second-order valence-electron chi connectivity index (χ2n) is 5.84. The van der Waals surface area contributed by atoms with Gasteiger partial charge in [-0.15, -0.1) is 0 Å². The molecule has 0 spiro atoms. The van der Waals surface area contributed by atoms with Gasteiger partial charge in [0.25, 0.3) is 10.0 Å². The van der Waals surface area contributed by atoms with Gasteiger partial charge in [0, 0.05) is 5.69 Å². The predicted octanol–water partition coefficient (Wildman–Crippen LogP) is 4.31. The van der Waals surface area contributed by atoms with Crippen LogP contribution in [-0.4, -0.2) is 20.9 Å². The predicted molar refractivity (Wildman–Crippen MR) is 107 cm³/mol. The number of sulfonamides is 1. The van der Waals surface area contributed by atoms with Crippen LogP contribution in [0.15, 0.2) is 83.8 Å². The Labute approximate surface area is 167 Å². The van der Waals surface area contributed by atoms with Crippen LogP contribution in [0.5, 0.6) is 0 Å². The highest BCUT2D eigenvalue weighted by Gasteiger charge is 2.27. The number of rotatable bonds is 6. The summed E-state index contributed by atoms with van der Waals surface area (Å²) in [5.74, 6) is -1.21. The molecule has 8 heteroatoms. The van der Waals surface area contributed by atoms with E-state index in [4.69, 9.17) is 11.6 Å². The molecule has 3 aromatic rings. The Balaban J connectivity index is 1.90. The van der Waals surface area contributed by atoms with Gasteiger partial charge >= 0.3 is 0 Å². The molecule has 0 saturated carbocycles. The lowest BCUT2D eigenvalue weighted by Gasteiger charge is -2.24. The summed E-state index contributed by atoms with van der Waals surface area (Å²) in [6.45, 7) is -0.462. The molecule has 0 aliphatic carbocycles. The maximum Gasteiger partial charge on any atom is 0.264 e. The van der Waals surface area contributed by atoms with E-state index in [1.807, 2.05) is 0 Å². The number of nitrogens with one attached hydrogen (secondary N) is 1. The molecular weight excluding hydrogens is 403 g/mol. The van der Waals surface area contributed by atoms with Crippen molar-refractivity contribution in [3.8, 4) is 0 Å². The van der Waals surface area contributed by atoms with Crippen molar-refractivity contribution in [2.24, 2.45) is 0 Å². The van der Waals surface area contributed by atoms with Gasteiger partial charge in [-0.25, -0.2) is 12.8 Å². The van der Waals surface area contributed by atoms with Gasteiger partial charge < -0.3 is 5.32 Å². The van der Waals surface area contributed by atoms with Gasteiger partial charge in [-0.2, -0.15) is 0 Å². The molecule has 3 rings (SSSR count). The number of benzene rings is 3. The largest absolute Gasteiger partial charge is 0.324 e. The average molecular weight is 419 g/mol. The monoisotopic (exact) mass is 418 g/mol. The van der Waals surface area contributed by atoms with E-state index in [-0.39, 0.29) is 15.6 Å². The molecule has 3 aromatic carbocycles. The van der Waals surface area contributed by atoms with E-state index < -0.39 is 28.3 Å². The number of amides is 1. The summed E-state index contributed by atoms with van der Waals surface area (Å²) in [6.07, 6.45) is 0. The van der Waals surface area contributed by atoms with E-state index in [1.54, 1.807) is 48.5 Å². The van der Waals surface area contributed by atoms with Crippen molar-refractivity contribution in [1.29, 1.82) is 0 Å². The number of nitrogens with zero attached hydrogens (tertiary/aromatic N) is 1. The number of hydrogen-bond acceptors (Lipinski definition) is 3. The van der Waals surface area contributed by atoms with Crippen LogP contribution in [0, 0.1) is 5.82 Å². The molecule has 0 fully saturated rings. The molecule has 0 unspecified atom stereocenters. The smallest absolute Gasteiger partial charge is 0.264 e. The Morgan fingerprint density at radius 3 is 2.18 bits per heavy atom. The van der Waals surface area contributed by atoms with E-state index in [2.05, 4.69) is 5.32 Å². The zero-order valence-electron chi connectivity index (χ0n) is 14.5. The van der Waals surface area contributed by atoms with Crippen molar-refractivity contribution in [3.05, 3.63) is 89.7 Å². The van der Waals surface area contributed by atoms with Crippen LogP contribution in [0.3, 0.4) is 0 Å². The molecule has 0 saturated heterocycles.